The molecule has 2 rings (SSSR count). The fourth-order valence-corrected chi connectivity index (χ4v) is 1.32. The molecule has 0 saturated heterocycles. The number of hydrogen-bond donors (Lipinski definition) is 2. The van der Waals surface area contributed by atoms with E-state index in [9.17, 15) is 9.59 Å². The van der Waals surface area contributed by atoms with Gasteiger partial charge in [0.25, 0.3) is 0 Å². The number of nitrogens with zero attached hydrogens (tertiary/aromatic N) is 3. The zero-order valence-electron chi connectivity index (χ0n) is 8.30. The lowest BCUT2D eigenvalue weighted by molar-refractivity contribution is -0.137. The van der Waals surface area contributed by atoms with E-state index in [1.807, 2.05) is 0 Å². The monoisotopic (exact) mass is 224 g/mol. The van der Waals surface area contributed by atoms with E-state index < -0.39 is 11.9 Å². The minimum atomic E-state index is -1.23. The quantitative estimate of drug-likeness (QED) is 0.566. The van der Waals surface area contributed by atoms with E-state index >= 15 is 0 Å². The molecule has 0 atom stereocenters. The lowest BCUT2D eigenvalue weighted by Crippen LogP contribution is -2.37. The Labute approximate surface area is 89.9 Å². The molecule has 0 aliphatic carbocycles. The van der Waals surface area contributed by atoms with Crippen molar-refractivity contribution < 1.29 is 19.4 Å². The standard InChI is InChI=1S/C8H8N4O4/c1-16-7(15)5-2-4(6(13)14)10-8-11-9-3-12(5)8/h2,9H,3H2,1H3,(H,13,14). The van der Waals surface area contributed by atoms with E-state index in [4.69, 9.17) is 5.11 Å². The Bertz CT molecular complexity index is 451. The Kier molecular flexibility index (Phi) is 2.31. The van der Waals surface area contributed by atoms with E-state index in [1.54, 1.807) is 0 Å². The number of aliphatic carboxylic acids is 1. The summed E-state index contributed by atoms with van der Waals surface area (Å²) in [5, 5.41) is 12.6. The summed E-state index contributed by atoms with van der Waals surface area (Å²) in [5.74, 6) is -1.72. The zero-order valence-corrected chi connectivity index (χ0v) is 8.30. The summed E-state index contributed by atoms with van der Waals surface area (Å²) < 4.78 is 4.55. The molecule has 0 bridgehead atoms. The van der Waals surface area contributed by atoms with Crippen molar-refractivity contribution in [3.8, 4) is 0 Å². The van der Waals surface area contributed by atoms with Crippen LogP contribution in [0.4, 0.5) is 0 Å². The molecule has 0 amide bonds. The van der Waals surface area contributed by atoms with Crippen LogP contribution in [0.3, 0.4) is 0 Å². The summed E-state index contributed by atoms with van der Waals surface area (Å²) in [6.07, 6.45) is 1.15. The second-order valence-electron chi connectivity index (χ2n) is 2.98. The molecule has 84 valence electrons. The number of hydrogen-bond acceptors (Lipinski definition) is 7. The van der Waals surface area contributed by atoms with Gasteiger partial charge in [0.2, 0.25) is 5.96 Å². The molecule has 2 N–H and O–H groups in total. The van der Waals surface area contributed by atoms with Gasteiger partial charge in [-0.1, -0.05) is 0 Å². The van der Waals surface area contributed by atoms with Gasteiger partial charge in [0.05, 0.1) is 7.11 Å². The first-order valence-corrected chi connectivity index (χ1v) is 4.33. The van der Waals surface area contributed by atoms with Crippen LogP contribution in [-0.2, 0) is 14.3 Å². The van der Waals surface area contributed by atoms with E-state index in [0.29, 0.717) is 0 Å². The minimum Gasteiger partial charge on any atom is -0.477 e. The van der Waals surface area contributed by atoms with Crippen molar-refractivity contribution in [2.45, 2.75) is 0 Å². The van der Waals surface area contributed by atoms with Crippen LogP contribution in [0.5, 0.6) is 0 Å². The number of fused-ring (bicyclic) bond motifs is 1. The smallest absolute Gasteiger partial charge is 0.354 e. The van der Waals surface area contributed by atoms with Crippen LogP contribution < -0.4 is 5.43 Å². The molecule has 8 heteroatoms. The minimum absolute atomic E-state index is 0.0960. The highest BCUT2D eigenvalue weighted by molar-refractivity contribution is 6.43. The van der Waals surface area contributed by atoms with Crippen LogP contribution in [0.15, 0.2) is 21.9 Å². The van der Waals surface area contributed by atoms with E-state index in [2.05, 4.69) is 20.3 Å². The third kappa shape index (κ3) is 1.49. The van der Waals surface area contributed by atoms with Crippen LogP contribution in [0, 0.1) is 0 Å². The molecule has 2 heterocycles. The van der Waals surface area contributed by atoms with E-state index in [-0.39, 0.29) is 24.0 Å². The number of methoxy groups -OCH3 is 1. The Morgan fingerprint density at radius 3 is 3.00 bits per heavy atom. The molecule has 0 aromatic rings. The summed E-state index contributed by atoms with van der Waals surface area (Å²) >= 11 is 0. The van der Waals surface area contributed by atoms with E-state index in [0.717, 1.165) is 6.08 Å². The van der Waals surface area contributed by atoms with Crippen molar-refractivity contribution >= 4 is 23.6 Å². The number of ether oxygens (including phenoxy) is 1. The molecule has 0 aromatic heterocycles. The molecule has 0 aromatic carbocycles. The van der Waals surface area contributed by atoms with Crippen molar-refractivity contribution in [3.63, 3.8) is 0 Å². The number of rotatable bonds is 2. The molecule has 0 unspecified atom stereocenters. The second-order valence-corrected chi connectivity index (χ2v) is 2.98. The molecule has 0 radical (unpaired) electrons. The van der Waals surface area contributed by atoms with Gasteiger partial charge < -0.3 is 9.84 Å². The van der Waals surface area contributed by atoms with Gasteiger partial charge in [-0.3, -0.25) is 10.3 Å². The molecule has 0 spiro atoms. The average molecular weight is 224 g/mol. The highest BCUT2D eigenvalue weighted by atomic mass is 16.5. The highest BCUT2D eigenvalue weighted by Crippen LogP contribution is 2.16. The van der Waals surface area contributed by atoms with Gasteiger partial charge in [0, 0.05) is 6.08 Å². The average Bonchev–Trinajstić information content (AvgIpc) is 2.74. The fourth-order valence-electron chi connectivity index (χ4n) is 1.32. The molecule has 2 aliphatic rings. The molecule has 0 saturated carbocycles. The number of carboxylic acid groups (broad SMARTS) is 1. The van der Waals surface area contributed by atoms with Gasteiger partial charge in [-0.05, 0) is 0 Å². The number of aliphatic imine (C=N–C) groups is 1. The maximum Gasteiger partial charge on any atom is 0.354 e. The first-order valence-electron chi connectivity index (χ1n) is 4.33. The first-order chi connectivity index (χ1) is 7.63. The van der Waals surface area contributed by atoms with Crippen LogP contribution >= 0.6 is 0 Å². The lowest BCUT2D eigenvalue weighted by Gasteiger charge is -2.21. The van der Waals surface area contributed by atoms with Gasteiger partial charge in [0.1, 0.15) is 12.4 Å². The Morgan fingerprint density at radius 1 is 1.62 bits per heavy atom. The normalized spacial score (nSPS) is 17.8. The predicted octanol–water partition coefficient (Wildman–Crippen LogP) is -1.28. The number of nitrogens with one attached hydrogen (secondary N) is 1. The summed E-state index contributed by atoms with van der Waals surface area (Å²) in [6.45, 7) is 0.257. The van der Waals surface area contributed by atoms with Gasteiger partial charge in [-0.25, -0.2) is 14.6 Å². The SMILES string of the molecule is COC(=O)C1=CC(C(=O)O)=NC2=NNCN12. The second kappa shape index (κ2) is 3.65. The number of carbonyl (C=O) groups is 2. The van der Waals surface area contributed by atoms with Crippen LogP contribution in [0.2, 0.25) is 0 Å². The third-order valence-corrected chi connectivity index (χ3v) is 2.05. The van der Waals surface area contributed by atoms with Crippen molar-refractivity contribution in [2.75, 3.05) is 13.8 Å². The largest absolute Gasteiger partial charge is 0.477 e. The van der Waals surface area contributed by atoms with Gasteiger partial charge in [-0.2, -0.15) is 0 Å². The number of carbonyl (C=O) groups excluding carboxylic acids is 1. The molecule has 0 fully saturated rings. The van der Waals surface area contributed by atoms with Gasteiger partial charge >= 0.3 is 11.9 Å². The predicted molar refractivity (Wildman–Crippen MR) is 52.4 cm³/mol. The summed E-state index contributed by atoms with van der Waals surface area (Å²) in [5.41, 5.74) is 2.44. The molecule has 2 aliphatic heterocycles. The summed E-state index contributed by atoms with van der Waals surface area (Å²) in [7, 11) is 1.22. The molecule has 8 nitrogen and oxygen atoms in total. The summed E-state index contributed by atoms with van der Waals surface area (Å²) in [4.78, 5) is 27.4. The first kappa shape index (κ1) is 10.1. The third-order valence-electron chi connectivity index (χ3n) is 2.05. The maximum absolute atomic E-state index is 11.4. The van der Waals surface area contributed by atoms with Crippen molar-refractivity contribution in [1.82, 2.24) is 10.3 Å². The van der Waals surface area contributed by atoms with Crippen LogP contribution in [0.1, 0.15) is 0 Å². The van der Waals surface area contributed by atoms with Crippen molar-refractivity contribution in [3.05, 3.63) is 11.8 Å². The molecule has 16 heavy (non-hydrogen) atoms. The highest BCUT2D eigenvalue weighted by Gasteiger charge is 2.31. The van der Waals surface area contributed by atoms with Crippen LogP contribution in [0.25, 0.3) is 0 Å². The van der Waals surface area contributed by atoms with Crippen molar-refractivity contribution in [2.24, 2.45) is 10.1 Å². The zero-order chi connectivity index (χ0) is 11.7. The number of carboxylic acids is 1. The number of hydrazone groups is 1. The van der Waals surface area contributed by atoms with Gasteiger partial charge in [-0.15, -0.1) is 5.10 Å². The number of esters is 1. The summed E-state index contributed by atoms with van der Waals surface area (Å²) in [6, 6.07) is 0. The Hall–Kier alpha value is -2.38. The van der Waals surface area contributed by atoms with Gasteiger partial charge in [0.15, 0.2) is 5.71 Å². The molecular formula is C8H8N4O4. The fraction of sp³-hybridized carbons (Fsp3) is 0.250. The lowest BCUT2D eigenvalue weighted by atomic mass is 10.2. The topological polar surface area (TPSA) is 104 Å². The van der Waals surface area contributed by atoms with Crippen LogP contribution in [-0.4, -0.2) is 47.4 Å². The van der Waals surface area contributed by atoms with Crippen molar-refractivity contribution in [1.29, 1.82) is 0 Å². The Morgan fingerprint density at radius 2 is 2.38 bits per heavy atom. The Balaban J connectivity index is 2.42. The number of guanidine groups is 1. The van der Waals surface area contributed by atoms with E-state index in [1.165, 1.54) is 12.0 Å². The molecular weight excluding hydrogens is 216 g/mol. The maximum atomic E-state index is 11.4.